The summed E-state index contributed by atoms with van der Waals surface area (Å²) in [5.41, 5.74) is 0.283. The third-order valence-electron chi connectivity index (χ3n) is 5.21. The van der Waals surface area contributed by atoms with Crippen LogP contribution in [-0.4, -0.2) is 48.8 Å². The molecule has 16 heavy (non-hydrogen) atoms. The van der Waals surface area contributed by atoms with Crippen LogP contribution in [0.3, 0.4) is 0 Å². The van der Waals surface area contributed by atoms with Crippen LogP contribution in [-0.2, 0) is 0 Å². The highest BCUT2D eigenvalue weighted by atomic mass is 16.3. The molecule has 3 rings (SSSR count). The third-order valence-corrected chi connectivity index (χ3v) is 5.21. The number of aliphatic hydroxyl groups is 1. The van der Waals surface area contributed by atoms with Crippen LogP contribution in [0.25, 0.3) is 0 Å². The Bertz CT molecular complexity index is 252. The van der Waals surface area contributed by atoms with Gasteiger partial charge in [-0.25, -0.2) is 0 Å². The summed E-state index contributed by atoms with van der Waals surface area (Å²) in [5.74, 6) is 0.785. The Balaban J connectivity index is 1.67. The molecule has 2 N–H and O–H groups in total. The summed E-state index contributed by atoms with van der Waals surface area (Å²) in [7, 11) is 0. The average Bonchev–Trinajstić information content (AvgIpc) is 2.86. The average molecular weight is 224 g/mol. The van der Waals surface area contributed by atoms with Crippen molar-refractivity contribution in [1.82, 2.24) is 10.2 Å². The summed E-state index contributed by atoms with van der Waals surface area (Å²) >= 11 is 0. The Morgan fingerprint density at radius 3 is 2.75 bits per heavy atom. The number of piperidine rings is 1. The molecule has 2 heterocycles. The molecule has 0 bridgehead atoms. The molecule has 0 spiro atoms. The summed E-state index contributed by atoms with van der Waals surface area (Å²) in [6.07, 6.45) is 6.55. The van der Waals surface area contributed by atoms with Crippen LogP contribution in [0.1, 0.15) is 32.1 Å². The van der Waals surface area contributed by atoms with E-state index in [9.17, 15) is 5.11 Å². The molecule has 2 atom stereocenters. The maximum atomic E-state index is 9.70. The Kier molecular flexibility index (Phi) is 2.94. The summed E-state index contributed by atoms with van der Waals surface area (Å²) < 4.78 is 0. The van der Waals surface area contributed by atoms with Crippen molar-refractivity contribution in [2.24, 2.45) is 11.3 Å². The first kappa shape index (κ1) is 11.0. The first-order valence-corrected chi connectivity index (χ1v) is 6.90. The van der Waals surface area contributed by atoms with Crippen molar-refractivity contribution in [1.29, 1.82) is 0 Å². The topological polar surface area (TPSA) is 35.5 Å². The van der Waals surface area contributed by atoms with Crippen LogP contribution in [0, 0.1) is 11.3 Å². The molecule has 0 amide bonds. The molecule has 0 radical (unpaired) electrons. The van der Waals surface area contributed by atoms with Gasteiger partial charge in [0.2, 0.25) is 0 Å². The minimum absolute atomic E-state index is 0.283. The fraction of sp³-hybridized carbons (Fsp3) is 1.00. The smallest absolute Gasteiger partial charge is 0.0502 e. The minimum Gasteiger partial charge on any atom is -0.396 e. The summed E-state index contributed by atoms with van der Waals surface area (Å²) in [4.78, 5) is 2.68. The maximum absolute atomic E-state index is 9.70. The molecule has 0 aromatic rings. The zero-order valence-corrected chi connectivity index (χ0v) is 10.1. The lowest BCUT2D eigenvalue weighted by Crippen LogP contribution is -2.43. The van der Waals surface area contributed by atoms with E-state index >= 15 is 0 Å². The van der Waals surface area contributed by atoms with Gasteiger partial charge in [0, 0.05) is 24.5 Å². The van der Waals surface area contributed by atoms with Gasteiger partial charge in [-0.1, -0.05) is 6.42 Å². The number of hydrogen-bond acceptors (Lipinski definition) is 3. The van der Waals surface area contributed by atoms with Gasteiger partial charge in [0.15, 0.2) is 0 Å². The lowest BCUT2D eigenvalue weighted by molar-refractivity contribution is 0.101. The van der Waals surface area contributed by atoms with Gasteiger partial charge < -0.3 is 10.4 Å². The molecule has 3 nitrogen and oxygen atoms in total. The van der Waals surface area contributed by atoms with E-state index in [0.29, 0.717) is 6.61 Å². The summed E-state index contributed by atoms with van der Waals surface area (Å²) in [6, 6.07) is 0.787. The predicted octanol–water partition coefficient (Wildman–Crippen LogP) is 0.833. The second kappa shape index (κ2) is 4.28. The molecule has 92 valence electrons. The Morgan fingerprint density at radius 2 is 2.06 bits per heavy atom. The van der Waals surface area contributed by atoms with Gasteiger partial charge >= 0.3 is 0 Å². The second-order valence-electron chi connectivity index (χ2n) is 6.02. The predicted molar refractivity (Wildman–Crippen MR) is 64.3 cm³/mol. The Labute approximate surface area is 98.2 Å². The zero-order chi connectivity index (χ0) is 11.0. The molecule has 3 aliphatic rings. The van der Waals surface area contributed by atoms with E-state index in [0.717, 1.165) is 12.0 Å². The van der Waals surface area contributed by atoms with E-state index in [1.165, 1.54) is 58.3 Å². The van der Waals surface area contributed by atoms with Crippen molar-refractivity contribution in [3.8, 4) is 0 Å². The highest BCUT2D eigenvalue weighted by molar-refractivity contribution is 5.02. The molecular formula is C13H24N2O. The molecule has 2 saturated heterocycles. The molecule has 3 heteroatoms. The van der Waals surface area contributed by atoms with Gasteiger partial charge in [0.25, 0.3) is 0 Å². The SMILES string of the molecule is OC[C@]12CCC[C@@H]1CN(C1CCNCC1)C2. The number of likely N-dealkylation sites (tertiary alicyclic amines) is 1. The van der Waals surface area contributed by atoms with Crippen molar-refractivity contribution >= 4 is 0 Å². The molecule has 1 aliphatic carbocycles. The van der Waals surface area contributed by atoms with E-state index in [2.05, 4.69) is 10.2 Å². The summed E-state index contributed by atoms with van der Waals surface area (Å²) in [5, 5.41) is 13.1. The van der Waals surface area contributed by atoms with Crippen LogP contribution in [0.5, 0.6) is 0 Å². The lowest BCUT2D eigenvalue weighted by atomic mass is 9.82. The monoisotopic (exact) mass is 224 g/mol. The lowest BCUT2D eigenvalue weighted by Gasteiger charge is -2.33. The van der Waals surface area contributed by atoms with E-state index < -0.39 is 0 Å². The molecule has 0 unspecified atom stereocenters. The van der Waals surface area contributed by atoms with E-state index in [1.54, 1.807) is 0 Å². The Morgan fingerprint density at radius 1 is 1.25 bits per heavy atom. The quantitative estimate of drug-likeness (QED) is 0.729. The van der Waals surface area contributed by atoms with Crippen LogP contribution in [0.15, 0.2) is 0 Å². The van der Waals surface area contributed by atoms with Crippen LogP contribution in [0.4, 0.5) is 0 Å². The largest absolute Gasteiger partial charge is 0.396 e. The van der Waals surface area contributed by atoms with Gasteiger partial charge in [-0.3, -0.25) is 4.90 Å². The van der Waals surface area contributed by atoms with E-state index in [1.807, 2.05) is 0 Å². The zero-order valence-electron chi connectivity index (χ0n) is 10.1. The van der Waals surface area contributed by atoms with Gasteiger partial charge in [-0.2, -0.15) is 0 Å². The highest BCUT2D eigenvalue weighted by Gasteiger charge is 2.50. The first-order valence-electron chi connectivity index (χ1n) is 6.90. The first-order chi connectivity index (χ1) is 7.84. The number of nitrogens with zero attached hydrogens (tertiary/aromatic N) is 1. The van der Waals surface area contributed by atoms with Gasteiger partial charge in [0.1, 0.15) is 0 Å². The molecule has 3 fully saturated rings. The number of aliphatic hydroxyl groups excluding tert-OH is 1. The molecule has 0 aromatic carbocycles. The van der Waals surface area contributed by atoms with Crippen molar-refractivity contribution < 1.29 is 5.11 Å². The van der Waals surface area contributed by atoms with Crippen molar-refractivity contribution in [2.75, 3.05) is 32.8 Å². The van der Waals surface area contributed by atoms with Crippen molar-refractivity contribution in [3.63, 3.8) is 0 Å². The summed E-state index contributed by atoms with van der Waals surface area (Å²) in [6.45, 7) is 5.19. The molecular weight excluding hydrogens is 200 g/mol. The van der Waals surface area contributed by atoms with Crippen LogP contribution < -0.4 is 5.32 Å². The minimum atomic E-state index is 0.283. The second-order valence-corrected chi connectivity index (χ2v) is 6.02. The van der Waals surface area contributed by atoms with E-state index in [4.69, 9.17) is 0 Å². The number of nitrogens with one attached hydrogen (secondary N) is 1. The highest BCUT2D eigenvalue weighted by Crippen LogP contribution is 2.49. The maximum Gasteiger partial charge on any atom is 0.0502 e. The molecule has 0 aromatic heterocycles. The molecule has 1 saturated carbocycles. The fourth-order valence-electron chi connectivity index (χ4n) is 4.16. The van der Waals surface area contributed by atoms with E-state index in [-0.39, 0.29) is 5.41 Å². The Hall–Kier alpha value is -0.120. The van der Waals surface area contributed by atoms with Crippen LogP contribution in [0.2, 0.25) is 0 Å². The standard InChI is InChI=1S/C13H24N2O/c16-10-13-5-1-2-11(13)8-15(9-13)12-3-6-14-7-4-12/h11-12,14,16H,1-10H2/t11-,13-/m1/s1. The number of hydrogen-bond donors (Lipinski definition) is 2. The number of fused-ring (bicyclic) bond motifs is 1. The van der Waals surface area contributed by atoms with Crippen LogP contribution >= 0.6 is 0 Å². The third kappa shape index (κ3) is 1.69. The van der Waals surface area contributed by atoms with Gasteiger partial charge in [-0.05, 0) is 44.7 Å². The normalized spacial score (nSPS) is 41.4. The molecule has 2 aliphatic heterocycles. The van der Waals surface area contributed by atoms with Gasteiger partial charge in [-0.15, -0.1) is 0 Å². The van der Waals surface area contributed by atoms with Gasteiger partial charge in [0.05, 0.1) is 6.61 Å². The fourth-order valence-corrected chi connectivity index (χ4v) is 4.16. The van der Waals surface area contributed by atoms with Crippen molar-refractivity contribution in [3.05, 3.63) is 0 Å². The van der Waals surface area contributed by atoms with Crippen molar-refractivity contribution in [2.45, 2.75) is 38.1 Å². The number of rotatable bonds is 2.